The summed E-state index contributed by atoms with van der Waals surface area (Å²) in [5.41, 5.74) is 10.4. The van der Waals surface area contributed by atoms with E-state index in [2.05, 4.69) is 18.2 Å². The highest BCUT2D eigenvalue weighted by Crippen LogP contribution is 2.21. The highest BCUT2D eigenvalue weighted by atomic mass is 19.1. The lowest BCUT2D eigenvalue weighted by molar-refractivity contribution is 0.287. The Morgan fingerprint density at radius 2 is 1.70 bits per heavy atom. The Morgan fingerprint density at radius 1 is 1.05 bits per heavy atom. The number of aryl methyl sites for hydroxylation is 3. The maximum absolute atomic E-state index is 13.2. The molecule has 2 rings (SSSR count). The molecule has 0 spiro atoms. The van der Waals surface area contributed by atoms with Gasteiger partial charge in [-0.1, -0.05) is 35.4 Å². The van der Waals surface area contributed by atoms with Crippen LogP contribution >= 0.6 is 0 Å². The Hall–Kier alpha value is -1.87. The molecular formula is C17H20FNO. The molecule has 106 valence electrons. The average molecular weight is 273 g/mol. The molecule has 2 N–H and O–H groups in total. The molecule has 0 fully saturated rings. The summed E-state index contributed by atoms with van der Waals surface area (Å²) in [4.78, 5) is 0. The van der Waals surface area contributed by atoms with Gasteiger partial charge in [-0.3, -0.25) is 0 Å². The van der Waals surface area contributed by atoms with Gasteiger partial charge in [-0.15, -0.1) is 0 Å². The molecule has 2 aromatic carbocycles. The Kier molecular flexibility index (Phi) is 4.40. The van der Waals surface area contributed by atoms with Crippen molar-refractivity contribution in [2.75, 3.05) is 6.61 Å². The minimum absolute atomic E-state index is 0.226. The van der Waals surface area contributed by atoms with Crippen LogP contribution in [-0.4, -0.2) is 6.61 Å². The third-order valence-corrected chi connectivity index (χ3v) is 3.24. The first-order chi connectivity index (χ1) is 9.45. The van der Waals surface area contributed by atoms with Gasteiger partial charge in [-0.25, -0.2) is 4.39 Å². The number of nitrogens with two attached hydrogens (primary N) is 1. The van der Waals surface area contributed by atoms with Crippen LogP contribution in [0.1, 0.15) is 28.3 Å². The molecule has 0 aliphatic rings. The molecule has 2 aromatic rings. The zero-order chi connectivity index (χ0) is 14.7. The second kappa shape index (κ2) is 6.06. The highest BCUT2D eigenvalue weighted by molar-refractivity contribution is 5.33. The van der Waals surface area contributed by atoms with Gasteiger partial charge in [0.05, 0.1) is 6.04 Å². The van der Waals surface area contributed by atoms with Crippen LogP contribution in [0.15, 0.2) is 36.4 Å². The van der Waals surface area contributed by atoms with Gasteiger partial charge in [0, 0.05) is 6.07 Å². The first-order valence-corrected chi connectivity index (χ1v) is 6.68. The first-order valence-electron chi connectivity index (χ1n) is 6.68. The van der Waals surface area contributed by atoms with E-state index in [9.17, 15) is 4.39 Å². The maximum Gasteiger partial charge on any atom is 0.126 e. The Morgan fingerprint density at radius 3 is 2.35 bits per heavy atom. The van der Waals surface area contributed by atoms with Crippen molar-refractivity contribution in [3.8, 4) is 5.75 Å². The summed E-state index contributed by atoms with van der Waals surface area (Å²) < 4.78 is 18.8. The van der Waals surface area contributed by atoms with Crippen molar-refractivity contribution in [3.05, 3.63) is 64.5 Å². The topological polar surface area (TPSA) is 35.2 Å². The van der Waals surface area contributed by atoms with Crippen molar-refractivity contribution in [3.63, 3.8) is 0 Å². The van der Waals surface area contributed by atoms with Crippen LogP contribution in [-0.2, 0) is 0 Å². The number of halogens is 1. The molecule has 0 aliphatic heterocycles. The molecule has 0 saturated carbocycles. The van der Waals surface area contributed by atoms with E-state index in [0.717, 1.165) is 11.1 Å². The van der Waals surface area contributed by atoms with Gasteiger partial charge >= 0.3 is 0 Å². The van der Waals surface area contributed by atoms with E-state index in [1.807, 2.05) is 20.8 Å². The van der Waals surface area contributed by atoms with Gasteiger partial charge in [-0.05, 0) is 38.0 Å². The van der Waals surface area contributed by atoms with Crippen LogP contribution in [0.3, 0.4) is 0 Å². The fourth-order valence-corrected chi connectivity index (χ4v) is 2.23. The van der Waals surface area contributed by atoms with E-state index in [1.165, 1.54) is 23.3 Å². The summed E-state index contributed by atoms with van der Waals surface area (Å²) >= 11 is 0. The van der Waals surface area contributed by atoms with E-state index in [-0.39, 0.29) is 11.9 Å². The second-order valence-corrected chi connectivity index (χ2v) is 5.25. The van der Waals surface area contributed by atoms with Crippen molar-refractivity contribution in [2.45, 2.75) is 26.8 Å². The number of hydrogen-bond donors (Lipinski definition) is 1. The van der Waals surface area contributed by atoms with Crippen LogP contribution < -0.4 is 10.5 Å². The quantitative estimate of drug-likeness (QED) is 0.918. The van der Waals surface area contributed by atoms with Gasteiger partial charge in [0.25, 0.3) is 0 Å². The predicted molar refractivity (Wildman–Crippen MR) is 79.5 cm³/mol. The van der Waals surface area contributed by atoms with Crippen LogP contribution in [0.25, 0.3) is 0 Å². The molecule has 1 unspecified atom stereocenters. The van der Waals surface area contributed by atoms with Gasteiger partial charge < -0.3 is 10.5 Å². The molecule has 3 heteroatoms. The lowest BCUT2D eigenvalue weighted by Gasteiger charge is -2.16. The third kappa shape index (κ3) is 3.58. The Bertz CT molecular complexity index is 590. The van der Waals surface area contributed by atoms with Crippen LogP contribution in [0, 0.1) is 26.6 Å². The molecule has 0 amide bonds. The van der Waals surface area contributed by atoms with Crippen LogP contribution in [0.4, 0.5) is 4.39 Å². The SMILES string of the molecule is Cc1cc(C)cc(C(N)COc2cc(F)ccc2C)c1. The number of benzene rings is 2. The van der Waals surface area contributed by atoms with E-state index in [1.54, 1.807) is 6.07 Å². The highest BCUT2D eigenvalue weighted by Gasteiger charge is 2.09. The first kappa shape index (κ1) is 14.5. The zero-order valence-corrected chi connectivity index (χ0v) is 12.1. The smallest absolute Gasteiger partial charge is 0.126 e. The van der Waals surface area contributed by atoms with E-state index >= 15 is 0 Å². The predicted octanol–water partition coefficient (Wildman–Crippen LogP) is 3.83. The second-order valence-electron chi connectivity index (χ2n) is 5.25. The fourth-order valence-electron chi connectivity index (χ4n) is 2.23. The third-order valence-electron chi connectivity index (χ3n) is 3.24. The monoisotopic (exact) mass is 273 g/mol. The summed E-state index contributed by atoms with van der Waals surface area (Å²) in [6, 6.07) is 10.5. The average Bonchev–Trinajstić information content (AvgIpc) is 2.38. The summed E-state index contributed by atoms with van der Waals surface area (Å²) in [5, 5.41) is 0. The fraction of sp³-hybridized carbons (Fsp3) is 0.294. The summed E-state index contributed by atoms with van der Waals surface area (Å²) in [6.45, 7) is 6.30. The van der Waals surface area contributed by atoms with Crippen LogP contribution in [0.2, 0.25) is 0 Å². The number of rotatable bonds is 4. The van der Waals surface area contributed by atoms with Gasteiger partial charge in [0.1, 0.15) is 18.2 Å². The Balaban J connectivity index is 2.08. The lowest BCUT2D eigenvalue weighted by atomic mass is 10.0. The minimum atomic E-state index is -0.300. The molecule has 0 saturated heterocycles. The van der Waals surface area contributed by atoms with E-state index in [0.29, 0.717) is 12.4 Å². The maximum atomic E-state index is 13.2. The largest absolute Gasteiger partial charge is 0.491 e. The normalized spacial score (nSPS) is 12.2. The Labute approximate surface area is 119 Å². The van der Waals surface area contributed by atoms with E-state index < -0.39 is 0 Å². The van der Waals surface area contributed by atoms with E-state index in [4.69, 9.17) is 10.5 Å². The van der Waals surface area contributed by atoms with Gasteiger partial charge in [0.15, 0.2) is 0 Å². The van der Waals surface area contributed by atoms with Crippen molar-refractivity contribution in [1.29, 1.82) is 0 Å². The molecule has 2 nitrogen and oxygen atoms in total. The van der Waals surface area contributed by atoms with Crippen molar-refractivity contribution < 1.29 is 9.13 Å². The molecular weight excluding hydrogens is 253 g/mol. The lowest BCUT2D eigenvalue weighted by Crippen LogP contribution is -2.19. The van der Waals surface area contributed by atoms with Gasteiger partial charge in [-0.2, -0.15) is 0 Å². The van der Waals surface area contributed by atoms with Crippen LogP contribution in [0.5, 0.6) is 5.75 Å². The summed E-state index contributed by atoms with van der Waals surface area (Å²) in [5.74, 6) is 0.246. The minimum Gasteiger partial charge on any atom is -0.491 e. The zero-order valence-electron chi connectivity index (χ0n) is 12.1. The molecule has 20 heavy (non-hydrogen) atoms. The van der Waals surface area contributed by atoms with Crippen molar-refractivity contribution in [1.82, 2.24) is 0 Å². The molecule has 0 heterocycles. The number of hydrogen-bond acceptors (Lipinski definition) is 2. The van der Waals surface area contributed by atoms with Crippen molar-refractivity contribution in [2.24, 2.45) is 5.73 Å². The molecule has 0 aromatic heterocycles. The molecule has 1 atom stereocenters. The molecule has 0 aliphatic carbocycles. The standard InChI is InChI=1S/C17H20FNO/c1-11-6-12(2)8-14(7-11)16(19)10-20-17-9-15(18)5-4-13(17)3/h4-9,16H,10,19H2,1-3H3. The summed E-state index contributed by atoms with van der Waals surface area (Å²) in [6.07, 6.45) is 0. The van der Waals surface area contributed by atoms with Crippen molar-refractivity contribution >= 4 is 0 Å². The molecule has 0 bridgehead atoms. The molecule has 0 radical (unpaired) electrons. The van der Waals surface area contributed by atoms with Gasteiger partial charge in [0.2, 0.25) is 0 Å². The number of ether oxygens (including phenoxy) is 1. The summed E-state index contributed by atoms with van der Waals surface area (Å²) in [7, 11) is 0.